The molecule has 100 valence electrons. The number of aromatic amines is 1. The third-order valence-corrected chi connectivity index (χ3v) is 2.95. The van der Waals surface area contributed by atoms with Crippen LogP contribution in [0.15, 0.2) is 48.8 Å². The quantitative estimate of drug-likeness (QED) is 0.664. The lowest BCUT2D eigenvalue weighted by molar-refractivity contribution is 0.262. The molecule has 0 radical (unpaired) electrons. The molecule has 0 unspecified atom stereocenters. The van der Waals surface area contributed by atoms with Gasteiger partial charge in [-0.1, -0.05) is 12.1 Å². The van der Waals surface area contributed by atoms with Crippen LogP contribution in [0.3, 0.4) is 0 Å². The van der Waals surface area contributed by atoms with E-state index in [1.807, 2.05) is 49.4 Å². The largest absolute Gasteiger partial charge is 0.345 e. The summed E-state index contributed by atoms with van der Waals surface area (Å²) in [5.41, 5.74) is 4.34. The fraction of sp³-hybridized carbons (Fsp3) is 0.0667. The predicted molar refractivity (Wildman–Crippen MR) is 79.9 cm³/mol. The Morgan fingerprint density at radius 1 is 1.10 bits per heavy atom. The normalized spacial score (nSPS) is 10.4. The van der Waals surface area contributed by atoms with Crippen molar-refractivity contribution in [1.82, 2.24) is 9.97 Å². The zero-order valence-electron chi connectivity index (χ0n) is 11.0. The van der Waals surface area contributed by atoms with E-state index in [1.165, 1.54) is 0 Å². The van der Waals surface area contributed by atoms with Crippen molar-refractivity contribution in [1.29, 1.82) is 0 Å². The highest BCUT2D eigenvalue weighted by Crippen LogP contribution is 2.16. The molecule has 0 fully saturated rings. The molecule has 0 aliphatic rings. The van der Waals surface area contributed by atoms with Crippen LogP contribution < -0.4 is 10.6 Å². The number of hydrogen-bond donors (Lipinski definition) is 3. The van der Waals surface area contributed by atoms with E-state index < -0.39 is 0 Å². The summed E-state index contributed by atoms with van der Waals surface area (Å²) in [6, 6.07) is 12.9. The number of imidazole rings is 1. The van der Waals surface area contributed by atoms with Gasteiger partial charge in [-0.15, -0.1) is 0 Å². The minimum Gasteiger partial charge on any atom is -0.345 e. The van der Waals surface area contributed by atoms with E-state index in [4.69, 9.17) is 0 Å². The Morgan fingerprint density at radius 3 is 2.70 bits per heavy atom. The Bertz CT molecular complexity index is 763. The third-order valence-electron chi connectivity index (χ3n) is 2.95. The summed E-state index contributed by atoms with van der Waals surface area (Å²) in [5.74, 6) is 0. The fourth-order valence-electron chi connectivity index (χ4n) is 2.03. The molecule has 2 aromatic carbocycles. The Hall–Kier alpha value is -2.82. The number of aryl methyl sites for hydroxylation is 1. The standard InChI is InChI=1S/C15H14N4O/c1-10-3-2-4-11(7-10)18-15(20)19-12-5-6-13-14(8-12)17-9-16-13/h2-9H,1H3,(H,16,17)(H2,18,19,20). The Balaban J connectivity index is 1.72. The van der Waals surface area contributed by atoms with Crippen LogP contribution in [-0.2, 0) is 0 Å². The minimum absolute atomic E-state index is 0.269. The lowest BCUT2D eigenvalue weighted by atomic mass is 10.2. The number of nitrogens with zero attached hydrogens (tertiary/aromatic N) is 1. The summed E-state index contributed by atoms with van der Waals surface area (Å²) in [7, 11) is 0. The van der Waals surface area contributed by atoms with Gasteiger partial charge < -0.3 is 15.6 Å². The summed E-state index contributed by atoms with van der Waals surface area (Å²) >= 11 is 0. The number of carbonyl (C=O) groups excluding carboxylic acids is 1. The second-order valence-electron chi connectivity index (χ2n) is 4.58. The number of carbonyl (C=O) groups is 1. The SMILES string of the molecule is Cc1cccc(NC(=O)Nc2ccc3nc[nH]c3c2)c1. The Kier molecular flexibility index (Phi) is 3.09. The molecule has 0 aliphatic heterocycles. The van der Waals surface area contributed by atoms with Crippen molar-refractivity contribution in [3.8, 4) is 0 Å². The van der Waals surface area contributed by atoms with Gasteiger partial charge in [0, 0.05) is 11.4 Å². The molecule has 0 atom stereocenters. The molecule has 3 rings (SSSR count). The van der Waals surface area contributed by atoms with E-state index in [9.17, 15) is 4.79 Å². The molecule has 2 amide bonds. The molecule has 0 bridgehead atoms. The molecular formula is C15H14N4O. The van der Waals surface area contributed by atoms with Gasteiger partial charge in [0.2, 0.25) is 0 Å². The molecule has 1 aromatic heterocycles. The molecule has 0 saturated heterocycles. The zero-order valence-corrected chi connectivity index (χ0v) is 11.0. The van der Waals surface area contributed by atoms with Gasteiger partial charge in [0.05, 0.1) is 17.4 Å². The van der Waals surface area contributed by atoms with Crippen LogP contribution in [-0.4, -0.2) is 16.0 Å². The van der Waals surface area contributed by atoms with E-state index in [0.717, 1.165) is 22.3 Å². The molecule has 0 aliphatic carbocycles. The maximum Gasteiger partial charge on any atom is 0.323 e. The van der Waals surface area contributed by atoms with Crippen LogP contribution in [0.2, 0.25) is 0 Å². The Labute approximate surface area is 116 Å². The topological polar surface area (TPSA) is 69.8 Å². The third kappa shape index (κ3) is 2.61. The van der Waals surface area contributed by atoms with Crippen LogP contribution in [0.4, 0.5) is 16.2 Å². The average molecular weight is 266 g/mol. The molecular weight excluding hydrogens is 252 g/mol. The van der Waals surface area contributed by atoms with E-state index in [0.29, 0.717) is 5.69 Å². The van der Waals surface area contributed by atoms with Crippen LogP contribution in [0.1, 0.15) is 5.56 Å². The molecule has 3 N–H and O–H groups in total. The van der Waals surface area contributed by atoms with E-state index in [1.54, 1.807) is 6.33 Å². The molecule has 3 aromatic rings. The zero-order chi connectivity index (χ0) is 13.9. The maximum atomic E-state index is 11.9. The second-order valence-corrected chi connectivity index (χ2v) is 4.58. The first kappa shape index (κ1) is 12.2. The first-order valence-electron chi connectivity index (χ1n) is 6.28. The van der Waals surface area contributed by atoms with Crippen molar-refractivity contribution in [2.75, 3.05) is 10.6 Å². The van der Waals surface area contributed by atoms with Gasteiger partial charge in [-0.2, -0.15) is 0 Å². The van der Waals surface area contributed by atoms with E-state index in [-0.39, 0.29) is 6.03 Å². The number of benzene rings is 2. The van der Waals surface area contributed by atoms with Crippen molar-refractivity contribution in [2.24, 2.45) is 0 Å². The molecule has 20 heavy (non-hydrogen) atoms. The summed E-state index contributed by atoms with van der Waals surface area (Å²) in [6.45, 7) is 1.98. The van der Waals surface area contributed by atoms with Gasteiger partial charge in [0.15, 0.2) is 0 Å². The average Bonchev–Trinajstić information content (AvgIpc) is 2.86. The monoisotopic (exact) mass is 266 g/mol. The molecule has 5 nitrogen and oxygen atoms in total. The number of fused-ring (bicyclic) bond motifs is 1. The predicted octanol–water partition coefficient (Wildman–Crippen LogP) is 3.52. The van der Waals surface area contributed by atoms with Crippen LogP contribution >= 0.6 is 0 Å². The van der Waals surface area contributed by atoms with Gasteiger partial charge >= 0.3 is 6.03 Å². The second kappa shape index (κ2) is 5.05. The van der Waals surface area contributed by atoms with E-state index in [2.05, 4.69) is 20.6 Å². The van der Waals surface area contributed by atoms with Crippen molar-refractivity contribution in [3.05, 3.63) is 54.4 Å². The van der Waals surface area contributed by atoms with Gasteiger partial charge in [-0.05, 0) is 42.8 Å². The van der Waals surface area contributed by atoms with Crippen molar-refractivity contribution in [2.45, 2.75) is 6.92 Å². The number of H-pyrrole nitrogens is 1. The summed E-state index contributed by atoms with van der Waals surface area (Å²) in [4.78, 5) is 19.1. The number of urea groups is 1. The maximum absolute atomic E-state index is 11.9. The number of nitrogens with one attached hydrogen (secondary N) is 3. The molecule has 0 spiro atoms. The number of hydrogen-bond acceptors (Lipinski definition) is 2. The molecule has 0 saturated carbocycles. The lowest BCUT2D eigenvalue weighted by Crippen LogP contribution is -2.19. The minimum atomic E-state index is -0.269. The first-order chi connectivity index (χ1) is 9.70. The first-order valence-corrected chi connectivity index (χ1v) is 6.28. The lowest BCUT2D eigenvalue weighted by Gasteiger charge is -2.08. The Morgan fingerprint density at radius 2 is 1.90 bits per heavy atom. The number of anilines is 2. The summed E-state index contributed by atoms with van der Waals surface area (Å²) < 4.78 is 0. The molecule has 5 heteroatoms. The summed E-state index contributed by atoms with van der Waals surface area (Å²) in [5, 5.41) is 5.59. The number of rotatable bonds is 2. The highest BCUT2D eigenvalue weighted by atomic mass is 16.2. The van der Waals surface area contributed by atoms with Gasteiger partial charge in [0.1, 0.15) is 0 Å². The summed E-state index contributed by atoms with van der Waals surface area (Å²) in [6.07, 6.45) is 1.63. The van der Waals surface area contributed by atoms with Crippen molar-refractivity contribution in [3.63, 3.8) is 0 Å². The smallest absolute Gasteiger partial charge is 0.323 e. The highest BCUT2D eigenvalue weighted by Gasteiger charge is 2.04. The van der Waals surface area contributed by atoms with Gasteiger partial charge in [-0.25, -0.2) is 9.78 Å². The van der Waals surface area contributed by atoms with E-state index >= 15 is 0 Å². The van der Waals surface area contributed by atoms with Crippen LogP contribution in [0.5, 0.6) is 0 Å². The van der Waals surface area contributed by atoms with Crippen molar-refractivity contribution >= 4 is 28.4 Å². The van der Waals surface area contributed by atoms with Gasteiger partial charge in [-0.3, -0.25) is 0 Å². The number of aromatic nitrogens is 2. The van der Waals surface area contributed by atoms with Crippen LogP contribution in [0.25, 0.3) is 11.0 Å². The van der Waals surface area contributed by atoms with Crippen molar-refractivity contribution < 1.29 is 4.79 Å². The van der Waals surface area contributed by atoms with Gasteiger partial charge in [0.25, 0.3) is 0 Å². The fourth-order valence-corrected chi connectivity index (χ4v) is 2.03. The van der Waals surface area contributed by atoms with Crippen LogP contribution in [0, 0.1) is 6.92 Å². The number of amides is 2. The molecule has 1 heterocycles. The highest BCUT2D eigenvalue weighted by molar-refractivity contribution is 6.00.